The minimum Gasteiger partial charge on any atom is -0.378 e. The quantitative estimate of drug-likeness (QED) is 0.633. The normalized spacial score (nSPS) is 10.6. The van der Waals surface area contributed by atoms with Crippen molar-refractivity contribution >= 4 is 64.8 Å². The van der Waals surface area contributed by atoms with Gasteiger partial charge in [0.2, 0.25) is 0 Å². The zero-order valence-corrected chi connectivity index (χ0v) is 14.0. The summed E-state index contributed by atoms with van der Waals surface area (Å²) in [6.07, 6.45) is 0. The number of thiophene rings is 1. The van der Waals surface area contributed by atoms with E-state index < -0.39 is 0 Å². The van der Waals surface area contributed by atoms with E-state index in [9.17, 15) is 4.39 Å². The standard InChI is InChI=1S/C11H7Br3FNS/c12-6-1-2-10(9(15)3-6)16-5-7-4-8(13)11(14)17-7/h1-4,16H,5H2. The summed E-state index contributed by atoms with van der Waals surface area (Å²) in [5.41, 5.74) is 0.508. The monoisotopic (exact) mass is 441 g/mol. The Morgan fingerprint density at radius 1 is 1.18 bits per heavy atom. The van der Waals surface area contributed by atoms with Crippen LogP contribution in [0.1, 0.15) is 4.88 Å². The van der Waals surface area contributed by atoms with Crippen LogP contribution >= 0.6 is 59.1 Å². The van der Waals surface area contributed by atoms with Crippen molar-refractivity contribution in [1.82, 2.24) is 0 Å². The lowest BCUT2D eigenvalue weighted by Gasteiger charge is -2.06. The van der Waals surface area contributed by atoms with Crippen LogP contribution in [0.15, 0.2) is 37.0 Å². The summed E-state index contributed by atoms with van der Waals surface area (Å²) in [6, 6.07) is 6.99. The molecule has 0 aliphatic heterocycles. The van der Waals surface area contributed by atoms with Crippen molar-refractivity contribution in [3.05, 3.63) is 47.7 Å². The fraction of sp³-hybridized carbons (Fsp3) is 0.0909. The topological polar surface area (TPSA) is 12.0 Å². The summed E-state index contributed by atoms with van der Waals surface area (Å²) in [4.78, 5) is 1.13. The van der Waals surface area contributed by atoms with Gasteiger partial charge in [0.15, 0.2) is 0 Å². The first kappa shape index (κ1) is 13.5. The maximum atomic E-state index is 13.5. The maximum Gasteiger partial charge on any atom is 0.147 e. The van der Waals surface area contributed by atoms with Crippen molar-refractivity contribution in [2.75, 3.05) is 5.32 Å². The Bertz CT molecular complexity index is 522. The van der Waals surface area contributed by atoms with Gasteiger partial charge in [0.05, 0.1) is 9.47 Å². The number of hydrogen-bond acceptors (Lipinski definition) is 2. The molecular weight excluding hydrogens is 437 g/mol. The minimum absolute atomic E-state index is 0.255. The number of halogens is 4. The second-order valence-electron chi connectivity index (χ2n) is 3.31. The molecule has 0 radical (unpaired) electrons. The Labute approximate surface area is 128 Å². The molecule has 0 fully saturated rings. The predicted octanol–water partition coefficient (Wildman–Crippen LogP) is 5.79. The molecule has 90 valence electrons. The fourth-order valence-corrected chi connectivity index (χ4v) is 3.74. The lowest BCUT2D eigenvalue weighted by molar-refractivity contribution is 0.629. The van der Waals surface area contributed by atoms with Crippen LogP contribution in [-0.4, -0.2) is 0 Å². The van der Waals surface area contributed by atoms with E-state index in [-0.39, 0.29) is 5.82 Å². The zero-order chi connectivity index (χ0) is 12.4. The molecule has 1 aromatic carbocycles. The average molecular weight is 444 g/mol. The Balaban J connectivity index is 2.07. The molecule has 0 amide bonds. The Morgan fingerprint density at radius 3 is 2.53 bits per heavy atom. The van der Waals surface area contributed by atoms with Crippen molar-refractivity contribution in [3.8, 4) is 0 Å². The van der Waals surface area contributed by atoms with Crippen molar-refractivity contribution in [3.63, 3.8) is 0 Å². The van der Waals surface area contributed by atoms with Crippen molar-refractivity contribution < 1.29 is 4.39 Å². The maximum absolute atomic E-state index is 13.5. The average Bonchev–Trinajstić information content (AvgIpc) is 2.57. The first-order valence-electron chi connectivity index (χ1n) is 4.69. The summed E-state index contributed by atoms with van der Waals surface area (Å²) >= 11 is 11.7. The van der Waals surface area contributed by atoms with E-state index in [0.29, 0.717) is 12.2 Å². The molecule has 0 saturated carbocycles. The van der Waals surface area contributed by atoms with Gasteiger partial charge in [-0.05, 0) is 56.1 Å². The number of nitrogens with one attached hydrogen (secondary N) is 1. The molecule has 1 nitrogen and oxygen atoms in total. The lowest BCUT2D eigenvalue weighted by Crippen LogP contribution is -1.99. The summed E-state index contributed by atoms with van der Waals surface area (Å²) in [6.45, 7) is 0.605. The number of anilines is 1. The van der Waals surface area contributed by atoms with Gasteiger partial charge in [0, 0.05) is 20.4 Å². The van der Waals surface area contributed by atoms with Gasteiger partial charge in [-0.3, -0.25) is 0 Å². The molecule has 0 saturated heterocycles. The van der Waals surface area contributed by atoms with Crippen LogP contribution < -0.4 is 5.32 Å². The molecule has 17 heavy (non-hydrogen) atoms. The van der Waals surface area contributed by atoms with Crippen LogP contribution in [-0.2, 0) is 6.54 Å². The van der Waals surface area contributed by atoms with E-state index in [1.165, 1.54) is 6.07 Å². The molecule has 2 rings (SSSR count). The van der Waals surface area contributed by atoms with Crippen LogP contribution in [0.3, 0.4) is 0 Å². The summed E-state index contributed by atoms with van der Waals surface area (Å²) in [5, 5.41) is 3.07. The predicted molar refractivity (Wildman–Crippen MR) is 81.1 cm³/mol. The summed E-state index contributed by atoms with van der Waals surface area (Å²) in [7, 11) is 0. The first-order valence-corrected chi connectivity index (χ1v) is 7.88. The number of benzene rings is 1. The highest BCUT2D eigenvalue weighted by atomic mass is 79.9. The molecule has 0 bridgehead atoms. The van der Waals surface area contributed by atoms with E-state index in [2.05, 4.69) is 53.1 Å². The molecule has 1 heterocycles. The Kier molecular flexibility index (Phi) is 4.63. The van der Waals surface area contributed by atoms with Gasteiger partial charge in [0.1, 0.15) is 5.82 Å². The van der Waals surface area contributed by atoms with Gasteiger partial charge in [-0.25, -0.2) is 4.39 Å². The molecule has 0 aliphatic carbocycles. The van der Waals surface area contributed by atoms with Crippen LogP contribution in [0, 0.1) is 5.82 Å². The third-order valence-electron chi connectivity index (χ3n) is 2.08. The van der Waals surface area contributed by atoms with Gasteiger partial charge in [-0.15, -0.1) is 11.3 Å². The highest BCUT2D eigenvalue weighted by Crippen LogP contribution is 2.32. The summed E-state index contributed by atoms with van der Waals surface area (Å²) < 4.78 is 16.3. The minimum atomic E-state index is -0.255. The van der Waals surface area contributed by atoms with E-state index in [1.807, 2.05) is 12.1 Å². The Hall–Kier alpha value is 0.0900. The molecule has 2 aromatic rings. The van der Waals surface area contributed by atoms with Gasteiger partial charge >= 0.3 is 0 Å². The Morgan fingerprint density at radius 2 is 1.94 bits per heavy atom. The highest BCUT2D eigenvalue weighted by molar-refractivity contribution is 9.13. The first-order chi connectivity index (χ1) is 8.06. The third kappa shape index (κ3) is 3.53. The molecule has 0 atom stereocenters. The van der Waals surface area contributed by atoms with E-state index in [0.717, 1.165) is 17.6 Å². The molecule has 1 aromatic heterocycles. The second kappa shape index (κ2) is 5.82. The highest BCUT2D eigenvalue weighted by Gasteiger charge is 2.06. The fourth-order valence-electron chi connectivity index (χ4n) is 1.29. The van der Waals surface area contributed by atoms with E-state index in [4.69, 9.17) is 0 Å². The van der Waals surface area contributed by atoms with Crippen molar-refractivity contribution in [2.24, 2.45) is 0 Å². The van der Waals surface area contributed by atoms with Gasteiger partial charge < -0.3 is 5.32 Å². The largest absolute Gasteiger partial charge is 0.378 e. The SMILES string of the molecule is Fc1cc(Br)ccc1NCc1cc(Br)c(Br)s1. The number of hydrogen-bond donors (Lipinski definition) is 1. The second-order valence-corrected chi connectivity index (χ2v) is 7.54. The van der Waals surface area contributed by atoms with Crippen LogP contribution in [0.4, 0.5) is 10.1 Å². The van der Waals surface area contributed by atoms with Crippen molar-refractivity contribution in [2.45, 2.75) is 6.54 Å². The van der Waals surface area contributed by atoms with Gasteiger partial charge in [-0.2, -0.15) is 0 Å². The van der Waals surface area contributed by atoms with Gasteiger partial charge in [-0.1, -0.05) is 15.9 Å². The zero-order valence-electron chi connectivity index (χ0n) is 8.44. The molecule has 0 spiro atoms. The third-order valence-corrected chi connectivity index (χ3v) is 5.83. The number of rotatable bonds is 3. The van der Waals surface area contributed by atoms with Crippen LogP contribution in [0.5, 0.6) is 0 Å². The molecule has 1 N–H and O–H groups in total. The molecule has 0 unspecified atom stereocenters. The van der Waals surface area contributed by atoms with Gasteiger partial charge in [0.25, 0.3) is 0 Å². The summed E-state index contributed by atoms with van der Waals surface area (Å²) in [5.74, 6) is -0.255. The molecular formula is C11H7Br3FNS. The van der Waals surface area contributed by atoms with Crippen LogP contribution in [0.25, 0.3) is 0 Å². The van der Waals surface area contributed by atoms with E-state index in [1.54, 1.807) is 17.4 Å². The van der Waals surface area contributed by atoms with Crippen LogP contribution in [0.2, 0.25) is 0 Å². The van der Waals surface area contributed by atoms with Crippen molar-refractivity contribution in [1.29, 1.82) is 0 Å². The van der Waals surface area contributed by atoms with E-state index >= 15 is 0 Å². The lowest BCUT2D eigenvalue weighted by atomic mass is 10.3. The molecule has 6 heteroatoms. The smallest absolute Gasteiger partial charge is 0.147 e. The molecule has 0 aliphatic rings.